The first-order valence-electron chi connectivity index (χ1n) is 4.88. The fourth-order valence-electron chi connectivity index (χ4n) is 1.07. The van der Waals surface area contributed by atoms with Gasteiger partial charge in [0.25, 0.3) is 5.69 Å². The van der Waals surface area contributed by atoms with Gasteiger partial charge in [-0.25, -0.2) is 4.21 Å². The summed E-state index contributed by atoms with van der Waals surface area (Å²) in [4.78, 5) is 9.93. The summed E-state index contributed by atoms with van der Waals surface area (Å²) in [6, 6.07) is 6.01. The van der Waals surface area contributed by atoms with Crippen molar-refractivity contribution in [1.82, 2.24) is 0 Å². The molecule has 0 saturated carbocycles. The predicted molar refractivity (Wildman–Crippen MR) is 61.2 cm³/mol. The molecule has 16 heavy (non-hydrogen) atoms. The van der Waals surface area contributed by atoms with E-state index in [0.717, 1.165) is 12.0 Å². The molecule has 1 aromatic carbocycles. The maximum atomic E-state index is 11.2. The maximum Gasteiger partial charge on any atom is 0.269 e. The lowest BCUT2D eigenvalue weighted by atomic mass is 10.2. The van der Waals surface area contributed by atoms with Gasteiger partial charge in [0.1, 0.15) is 0 Å². The standard InChI is InChI=1S/C10H13NO4S/c1-2-7-16(14)15-8-9-3-5-10(6-4-9)11(12)13/h3-6H,2,7-8H2,1H3. The molecule has 0 fully saturated rings. The minimum atomic E-state index is -1.27. The average Bonchev–Trinajstić information content (AvgIpc) is 2.27. The number of non-ortho nitro benzene ring substituents is 1. The lowest BCUT2D eigenvalue weighted by molar-refractivity contribution is -0.384. The first-order chi connectivity index (χ1) is 7.63. The minimum absolute atomic E-state index is 0.0402. The van der Waals surface area contributed by atoms with Gasteiger partial charge < -0.3 is 0 Å². The van der Waals surface area contributed by atoms with Crippen LogP contribution < -0.4 is 0 Å². The van der Waals surface area contributed by atoms with E-state index in [1.807, 2.05) is 6.92 Å². The third-order valence-electron chi connectivity index (χ3n) is 1.87. The summed E-state index contributed by atoms with van der Waals surface area (Å²) >= 11 is -1.27. The molecule has 0 spiro atoms. The van der Waals surface area contributed by atoms with Gasteiger partial charge in [-0.1, -0.05) is 6.92 Å². The van der Waals surface area contributed by atoms with E-state index >= 15 is 0 Å². The number of hydrogen-bond donors (Lipinski definition) is 0. The smallest absolute Gasteiger partial charge is 0.269 e. The number of nitro groups is 1. The summed E-state index contributed by atoms with van der Waals surface area (Å²) < 4.78 is 16.2. The van der Waals surface area contributed by atoms with Crippen molar-refractivity contribution in [2.45, 2.75) is 20.0 Å². The molecule has 0 radical (unpaired) electrons. The Morgan fingerprint density at radius 1 is 1.38 bits per heavy atom. The van der Waals surface area contributed by atoms with Gasteiger partial charge in [-0.05, 0) is 24.1 Å². The topological polar surface area (TPSA) is 69.4 Å². The van der Waals surface area contributed by atoms with Crippen LogP contribution in [-0.2, 0) is 21.9 Å². The fraction of sp³-hybridized carbons (Fsp3) is 0.400. The van der Waals surface area contributed by atoms with Crippen molar-refractivity contribution in [3.8, 4) is 0 Å². The van der Waals surface area contributed by atoms with Gasteiger partial charge >= 0.3 is 0 Å². The molecular formula is C10H13NO4S. The average molecular weight is 243 g/mol. The summed E-state index contributed by atoms with van der Waals surface area (Å²) in [7, 11) is 0. The van der Waals surface area contributed by atoms with Crippen molar-refractivity contribution in [1.29, 1.82) is 0 Å². The molecule has 1 atom stereocenters. The molecule has 1 unspecified atom stereocenters. The second-order valence-corrected chi connectivity index (χ2v) is 4.45. The van der Waals surface area contributed by atoms with Gasteiger partial charge in [-0.3, -0.25) is 14.3 Å². The highest BCUT2D eigenvalue weighted by atomic mass is 32.2. The van der Waals surface area contributed by atoms with Gasteiger partial charge in [0, 0.05) is 17.9 Å². The molecule has 0 aromatic heterocycles. The highest BCUT2D eigenvalue weighted by molar-refractivity contribution is 7.80. The highest BCUT2D eigenvalue weighted by Crippen LogP contribution is 2.12. The second kappa shape index (κ2) is 6.34. The Balaban J connectivity index is 2.49. The summed E-state index contributed by atoms with van der Waals surface area (Å²) in [5.41, 5.74) is 0.813. The molecule has 0 bridgehead atoms. The van der Waals surface area contributed by atoms with Gasteiger partial charge in [0.15, 0.2) is 11.1 Å². The molecule has 0 heterocycles. The first kappa shape index (κ1) is 12.8. The Labute approximate surface area is 96.2 Å². The number of nitro benzene ring substituents is 1. The summed E-state index contributed by atoms with van der Waals surface area (Å²) in [6.07, 6.45) is 0.798. The molecule has 0 aliphatic heterocycles. The van der Waals surface area contributed by atoms with Crippen LogP contribution in [0, 0.1) is 10.1 Å². The summed E-state index contributed by atoms with van der Waals surface area (Å²) in [6.45, 7) is 2.14. The lowest BCUT2D eigenvalue weighted by Crippen LogP contribution is -2.01. The molecule has 1 aromatic rings. The zero-order chi connectivity index (χ0) is 12.0. The van der Waals surface area contributed by atoms with Crippen LogP contribution in [0.1, 0.15) is 18.9 Å². The van der Waals surface area contributed by atoms with Gasteiger partial charge in [0.05, 0.1) is 11.5 Å². The highest BCUT2D eigenvalue weighted by Gasteiger charge is 2.05. The molecule has 1 rings (SSSR count). The molecule has 6 heteroatoms. The van der Waals surface area contributed by atoms with Gasteiger partial charge in [-0.2, -0.15) is 0 Å². The zero-order valence-corrected chi connectivity index (χ0v) is 9.74. The van der Waals surface area contributed by atoms with Crippen LogP contribution in [0.2, 0.25) is 0 Å². The van der Waals surface area contributed by atoms with Crippen LogP contribution in [0.15, 0.2) is 24.3 Å². The molecule has 5 nitrogen and oxygen atoms in total. The first-order valence-corrected chi connectivity index (χ1v) is 6.13. The molecule has 88 valence electrons. The number of benzene rings is 1. The van der Waals surface area contributed by atoms with Crippen molar-refractivity contribution in [3.63, 3.8) is 0 Å². The third-order valence-corrected chi connectivity index (χ3v) is 3.00. The largest absolute Gasteiger partial charge is 0.286 e. The Morgan fingerprint density at radius 3 is 2.50 bits per heavy atom. The van der Waals surface area contributed by atoms with Crippen molar-refractivity contribution < 1.29 is 13.3 Å². The monoisotopic (exact) mass is 243 g/mol. The second-order valence-electron chi connectivity index (χ2n) is 3.19. The maximum absolute atomic E-state index is 11.2. The molecule has 0 N–H and O–H groups in total. The minimum Gasteiger partial charge on any atom is -0.286 e. The van der Waals surface area contributed by atoms with E-state index in [1.165, 1.54) is 12.1 Å². The zero-order valence-electron chi connectivity index (χ0n) is 8.92. The fourth-order valence-corrected chi connectivity index (χ4v) is 1.79. The van der Waals surface area contributed by atoms with E-state index < -0.39 is 16.0 Å². The Hall–Kier alpha value is -1.27. The predicted octanol–water partition coefficient (Wildman–Crippen LogP) is 2.19. The molecule has 0 aliphatic rings. The Bertz CT molecular complexity index is 377. The van der Waals surface area contributed by atoms with Gasteiger partial charge in [-0.15, -0.1) is 0 Å². The van der Waals surface area contributed by atoms with E-state index in [2.05, 4.69) is 0 Å². The Morgan fingerprint density at radius 2 is 2.00 bits per heavy atom. The summed E-state index contributed by atoms with van der Waals surface area (Å²) in [5, 5.41) is 10.4. The van der Waals surface area contributed by atoms with Crippen LogP contribution >= 0.6 is 0 Å². The molecule has 0 saturated heterocycles. The van der Waals surface area contributed by atoms with Crippen LogP contribution in [0.3, 0.4) is 0 Å². The van der Waals surface area contributed by atoms with E-state index in [0.29, 0.717) is 5.75 Å². The van der Waals surface area contributed by atoms with Gasteiger partial charge in [0.2, 0.25) is 0 Å². The SMILES string of the molecule is CCCS(=O)OCc1ccc([N+](=O)[O-])cc1. The quantitative estimate of drug-likeness (QED) is 0.567. The van der Waals surface area contributed by atoms with E-state index in [-0.39, 0.29) is 12.3 Å². The van der Waals surface area contributed by atoms with Crippen LogP contribution in [0.5, 0.6) is 0 Å². The Kier molecular flexibility index (Phi) is 5.07. The van der Waals surface area contributed by atoms with E-state index in [1.54, 1.807) is 12.1 Å². The number of hydrogen-bond acceptors (Lipinski definition) is 4. The van der Waals surface area contributed by atoms with Crippen molar-refractivity contribution in [2.24, 2.45) is 0 Å². The van der Waals surface area contributed by atoms with E-state index in [9.17, 15) is 14.3 Å². The molecular weight excluding hydrogens is 230 g/mol. The van der Waals surface area contributed by atoms with Crippen molar-refractivity contribution in [2.75, 3.05) is 5.75 Å². The van der Waals surface area contributed by atoms with Crippen molar-refractivity contribution in [3.05, 3.63) is 39.9 Å². The lowest BCUT2D eigenvalue weighted by Gasteiger charge is -2.02. The van der Waals surface area contributed by atoms with E-state index in [4.69, 9.17) is 4.18 Å². The van der Waals surface area contributed by atoms with Crippen molar-refractivity contribution >= 4 is 16.8 Å². The third kappa shape index (κ3) is 4.08. The van der Waals surface area contributed by atoms with Crippen LogP contribution in [0.25, 0.3) is 0 Å². The normalized spacial score (nSPS) is 12.3. The summed E-state index contributed by atoms with van der Waals surface area (Å²) in [5.74, 6) is 0.507. The number of rotatable bonds is 6. The molecule has 0 aliphatic carbocycles. The molecule has 0 amide bonds. The van der Waals surface area contributed by atoms with Crippen LogP contribution in [-0.4, -0.2) is 14.9 Å². The number of nitrogens with zero attached hydrogens (tertiary/aromatic N) is 1. The van der Waals surface area contributed by atoms with Crippen LogP contribution in [0.4, 0.5) is 5.69 Å².